The van der Waals surface area contributed by atoms with Gasteiger partial charge in [-0.1, -0.05) is 107 Å². The minimum atomic E-state index is -4.01. The molecule has 200 valence electrons. The zero-order chi connectivity index (χ0) is 25.3. The number of rotatable bonds is 22. The van der Waals surface area contributed by atoms with Gasteiger partial charge in [0.1, 0.15) is 0 Å². The van der Waals surface area contributed by atoms with E-state index in [1.165, 1.54) is 38.5 Å². The molecule has 0 bridgehead atoms. The Balaban J connectivity index is 5.08. The molecule has 4 nitrogen and oxygen atoms in total. The molecular weight excluding hydrogens is 432 g/mol. The minimum absolute atomic E-state index is 0.293. The highest BCUT2D eigenvalue weighted by atomic mass is 32.3. The Morgan fingerprint density at radius 1 is 0.576 bits per heavy atom. The van der Waals surface area contributed by atoms with E-state index in [0.717, 1.165) is 51.4 Å². The van der Waals surface area contributed by atoms with Crippen LogP contribution in [0.25, 0.3) is 0 Å². The van der Waals surface area contributed by atoms with E-state index in [-0.39, 0.29) is 12.2 Å². The Bertz CT molecular complexity index is 502. The Morgan fingerprint density at radius 3 is 1.21 bits per heavy atom. The summed E-state index contributed by atoms with van der Waals surface area (Å²) in [6.07, 6.45) is 14.1. The maximum Gasteiger partial charge on any atom is 0.400 e. The zero-order valence-corrected chi connectivity index (χ0v) is 24.2. The molecule has 5 heteroatoms. The second-order valence-electron chi connectivity index (χ2n) is 11.1. The van der Waals surface area contributed by atoms with Crippen molar-refractivity contribution in [2.24, 2.45) is 23.7 Å². The van der Waals surface area contributed by atoms with Crippen molar-refractivity contribution in [1.29, 1.82) is 0 Å². The van der Waals surface area contributed by atoms with Gasteiger partial charge in [-0.15, -0.1) is 0 Å². The van der Waals surface area contributed by atoms with E-state index in [9.17, 15) is 8.42 Å². The monoisotopic (exact) mass is 490 g/mol. The van der Waals surface area contributed by atoms with Gasteiger partial charge in [-0.05, 0) is 62.2 Å². The van der Waals surface area contributed by atoms with E-state index in [4.69, 9.17) is 8.37 Å². The van der Waals surface area contributed by atoms with Crippen LogP contribution in [0.2, 0.25) is 0 Å². The maximum absolute atomic E-state index is 12.9. The summed E-state index contributed by atoms with van der Waals surface area (Å²) in [5.41, 5.74) is 0. The summed E-state index contributed by atoms with van der Waals surface area (Å²) in [7, 11) is -4.01. The molecule has 0 aliphatic heterocycles. The van der Waals surface area contributed by atoms with Gasteiger partial charge in [0.25, 0.3) is 0 Å². The molecule has 0 aromatic heterocycles. The van der Waals surface area contributed by atoms with Crippen LogP contribution in [0.3, 0.4) is 0 Å². The molecule has 0 aromatic carbocycles. The van der Waals surface area contributed by atoms with Crippen LogP contribution in [0.1, 0.15) is 145 Å². The van der Waals surface area contributed by atoms with Crippen LogP contribution in [0, 0.1) is 23.7 Å². The van der Waals surface area contributed by atoms with Gasteiger partial charge in [-0.2, -0.15) is 8.42 Å². The maximum atomic E-state index is 12.9. The zero-order valence-electron chi connectivity index (χ0n) is 23.4. The van der Waals surface area contributed by atoms with Crippen molar-refractivity contribution >= 4 is 10.4 Å². The summed E-state index contributed by atoms with van der Waals surface area (Å²) in [5.74, 6) is 2.07. The first-order chi connectivity index (χ1) is 15.6. The predicted molar refractivity (Wildman–Crippen MR) is 143 cm³/mol. The molecule has 4 unspecified atom stereocenters. The summed E-state index contributed by atoms with van der Waals surface area (Å²) in [4.78, 5) is 0. The van der Waals surface area contributed by atoms with Crippen LogP contribution < -0.4 is 0 Å². The van der Waals surface area contributed by atoms with Crippen molar-refractivity contribution in [2.45, 2.75) is 157 Å². The van der Waals surface area contributed by atoms with Gasteiger partial charge in [-0.25, -0.2) is 8.37 Å². The molecule has 0 aliphatic carbocycles. The highest BCUT2D eigenvalue weighted by Crippen LogP contribution is 2.27. The van der Waals surface area contributed by atoms with E-state index in [1.807, 2.05) is 0 Å². The fraction of sp³-hybridized carbons (Fsp3) is 1.00. The molecule has 0 radical (unpaired) electrons. The Labute approximate surface area is 208 Å². The van der Waals surface area contributed by atoms with Crippen LogP contribution >= 0.6 is 0 Å². The predicted octanol–water partition coefficient (Wildman–Crippen LogP) is 9.09. The molecule has 0 spiro atoms. The smallest absolute Gasteiger partial charge is 0.245 e. The first-order valence-corrected chi connectivity index (χ1v) is 15.5. The normalized spacial score (nSPS) is 16.3. The standard InChI is InChI=1S/C28H58O4S/c1-9-13-15-25(11-3)17-19-27(21-23(5)6)31-33(29,30)32-28(22-24(7)8)20-18-26(12-4)16-14-10-2/h23-28H,9-22H2,1-8H3. The quantitative estimate of drug-likeness (QED) is 0.152. The second-order valence-corrected chi connectivity index (χ2v) is 12.3. The summed E-state index contributed by atoms with van der Waals surface area (Å²) >= 11 is 0. The fourth-order valence-electron chi connectivity index (χ4n) is 4.75. The van der Waals surface area contributed by atoms with Crippen LogP contribution in [-0.4, -0.2) is 20.6 Å². The highest BCUT2D eigenvalue weighted by Gasteiger charge is 2.27. The van der Waals surface area contributed by atoms with Crippen molar-refractivity contribution in [2.75, 3.05) is 0 Å². The third-order valence-electron chi connectivity index (χ3n) is 6.86. The third kappa shape index (κ3) is 17.9. The summed E-state index contributed by atoms with van der Waals surface area (Å²) in [6, 6.07) is 0. The Morgan fingerprint density at radius 2 is 0.939 bits per heavy atom. The largest absolute Gasteiger partial charge is 0.400 e. The average molecular weight is 491 g/mol. The van der Waals surface area contributed by atoms with Crippen LogP contribution in [0.15, 0.2) is 0 Å². The molecule has 0 saturated carbocycles. The molecule has 0 aliphatic rings. The lowest BCUT2D eigenvalue weighted by atomic mass is 9.91. The molecule has 0 amide bonds. The number of unbranched alkanes of at least 4 members (excludes halogenated alkanes) is 2. The molecule has 0 saturated heterocycles. The van der Waals surface area contributed by atoms with E-state index < -0.39 is 10.4 Å². The second kappa shape index (κ2) is 19.1. The molecule has 0 fully saturated rings. The first-order valence-electron chi connectivity index (χ1n) is 14.2. The number of hydrogen-bond donors (Lipinski definition) is 0. The summed E-state index contributed by atoms with van der Waals surface area (Å²) < 4.78 is 37.3. The Kier molecular flexibility index (Phi) is 19.0. The van der Waals surface area contributed by atoms with Gasteiger partial charge >= 0.3 is 10.4 Å². The van der Waals surface area contributed by atoms with E-state index >= 15 is 0 Å². The molecule has 0 N–H and O–H groups in total. The van der Waals surface area contributed by atoms with Crippen molar-refractivity contribution in [3.63, 3.8) is 0 Å². The molecular formula is C28H58O4S. The number of hydrogen-bond acceptors (Lipinski definition) is 4. The summed E-state index contributed by atoms with van der Waals surface area (Å²) in [6.45, 7) is 17.4. The van der Waals surface area contributed by atoms with Gasteiger partial charge in [0.15, 0.2) is 0 Å². The van der Waals surface area contributed by atoms with Crippen LogP contribution in [0.4, 0.5) is 0 Å². The van der Waals surface area contributed by atoms with Crippen molar-refractivity contribution in [3.8, 4) is 0 Å². The lowest BCUT2D eigenvalue weighted by Crippen LogP contribution is -2.27. The highest BCUT2D eigenvalue weighted by molar-refractivity contribution is 7.81. The molecule has 0 heterocycles. The van der Waals surface area contributed by atoms with Gasteiger partial charge in [0.2, 0.25) is 0 Å². The van der Waals surface area contributed by atoms with Gasteiger partial charge in [0, 0.05) is 0 Å². The van der Waals surface area contributed by atoms with Crippen molar-refractivity contribution in [1.82, 2.24) is 0 Å². The molecule has 0 rings (SSSR count). The Hall–Kier alpha value is -0.130. The van der Waals surface area contributed by atoms with Gasteiger partial charge in [0.05, 0.1) is 12.2 Å². The molecule has 0 aromatic rings. The molecule has 4 atom stereocenters. The van der Waals surface area contributed by atoms with Crippen molar-refractivity contribution < 1.29 is 16.8 Å². The van der Waals surface area contributed by atoms with Crippen molar-refractivity contribution in [3.05, 3.63) is 0 Å². The van der Waals surface area contributed by atoms with E-state index in [2.05, 4.69) is 55.4 Å². The average Bonchev–Trinajstić information content (AvgIpc) is 2.72. The third-order valence-corrected chi connectivity index (χ3v) is 7.87. The molecule has 33 heavy (non-hydrogen) atoms. The van der Waals surface area contributed by atoms with E-state index in [1.54, 1.807) is 0 Å². The van der Waals surface area contributed by atoms with Crippen LogP contribution in [0.5, 0.6) is 0 Å². The topological polar surface area (TPSA) is 52.6 Å². The van der Waals surface area contributed by atoms with Gasteiger partial charge < -0.3 is 0 Å². The van der Waals surface area contributed by atoms with Gasteiger partial charge in [-0.3, -0.25) is 0 Å². The lowest BCUT2D eigenvalue weighted by molar-refractivity contribution is 0.0882. The lowest BCUT2D eigenvalue weighted by Gasteiger charge is -2.25. The van der Waals surface area contributed by atoms with E-state index in [0.29, 0.717) is 23.7 Å². The summed E-state index contributed by atoms with van der Waals surface area (Å²) in [5, 5.41) is 0. The first kappa shape index (κ1) is 32.9. The minimum Gasteiger partial charge on any atom is -0.245 e. The fourth-order valence-corrected chi connectivity index (χ4v) is 5.81. The SMILES string of the molecule is CCCCC(CC)CCC(CC(C)C)OS(=O)(=O)OC(CCC(CC)CCCC)CC(C)C. The van der Waals surface area contributed by atoms with Crippen LogP contribution in [-0.2, 0) is 18.8 Å².